The Balaban J connectivity index is 2.28. The highest BCUT2D eigenvalue weighted by Crippen LogP contribution is 2.29. The molecule has 1 aromatic heterocycles. The lowest BCUT2D eigenvalue weighted by Crippen LogP contribution is -2.41. The molecule has 0 spiro atoms. The van der Waals surface area contributed by atoms with Crippen LogP contribution < -0.4 is 21.9 Å². The van der Waals surface area contributed by atoms with E-state index in [2.05, 4.69) is 4.98 Å². The molecule has 1 heterocycles. The molecule has 0 bridgehead atoms. The Morgan fingerprint density at radius 2 is 2.11 bits per heavy atom. The lowest BCUT2D eigenvalue weighted by atomic mass is 9.82. The molecule has 0 saturated heterocycles. The normalized spacial score (nSPS) is 22.1. The molecular formula is C12H20N4O3. The van der Waals surface area contributed by atoms with Crippen molar-refractivity contribution in [3.8, 4) is 0 Å². The average molecular weight is 268 g/mol. The predicted octanol–water partition coefficient (Wildman–Crippen LogP) is -0.654. The van der Waals surface area contributed by atoms with E-state index in [9.17, 15) is 14.7 Å². The number of H-pyrrole nitrogens is 1. The number of nitrogens with one attached hydrogen (secondary N) is 1. The molecule has 7 nitrogen and oxygen atoms in total. The summed E-state index contributed by atoms with van der Waals surface area (Å²) in [7, 11) is 1.77. The fourth-order valence-corrected chi connectivity index (χ4v) is 2.59. The van der Waals surface area contributed by atoms with Gasteiger partial charge < -0.3 is 15.7 Å². The van der Waals surface area contributed by atoms with Gasteiger partial charge in [0.15, 0.2) is 0 Å². The van der Waals surface area contributed by atoms with E-state index in [-0.39, 0.29) is 11.9 Å². The topological polar surface area (TPSA) is 104 Å². The Kier molecular flexibility index (Phi) is 3.66. The molecule has 1 aliphatic rings. The van der Waals surface area contributed by atoms with Gasteiger partial charge >= 0.3 is 5.69 Å². The van der Waals surface area contributed by atoms with E-state index in [1.54, 1.807) is 18.9 Å². The zero-order chi connectivity index (χ0) is 14.2. The summed E-state index contributed by atoms with van der Waals surface area (Å²) in [5.41, 5.74) is 5.28. The highest BCUT2D eigenvalue weighted by molar-refractivity contribution is 5.61. The van der Waals surface area contributed by atoms with Crippen LogP contribution in [0, 0.1) is 5.92 Å². The maximum atomic E-state index is 11.9. The van der Waals surface area contributed by atoms with Crippen molar-refractivity contribution < 1.29 is 5.11 Å². The highest BCUT2D eigenvalue weighted by Gasteiger charge is 2.29. The molecular weight excluding hydrogens is 248 g/mol. The van der Waals surface area contributed by atoms with Crippen molar-refractivity contribution in [3.63, 3.8) is 0 Å². The van der Waals surface area contributed by atoms with Gasteiger partial charge in [-0.1, -0.05) is 0 Å². The first-order valence-electron chi connectivity index (χ1n) is 6.45. The third kappa shape index (κ3) is 2.51. The zero-order valence-corrected chi connectivity index (χ0v) is 11.2. The Morgan fingerprint density at radius 1 is 1.47 bits per heavy atom. The molecule has 1 aromatic rings. The molecule has 0 radical (unpaired) electrons. The SMILES string of the molecule is CCn1c(N)c(N(C)CC2CC(O)C2)c(=O)[nH]c1=O. The molecule has 4 N–H and O–H groups in total. The molecule has 0 amide bonds. The van der Waals surface area contributed by atoms with E-state index in [1.165, 1.54) is 4.57 Å². The van der Waals surface area contributed by atoms with Crippen LogP contribution in [0.5, 0.6) is 0 Å². The van der Waals surface area contributed by atoms with Crippen molar-refractivity contribution in [1.82, 2.24) is 9.55 Å². The fourth-order valence-electron chi connectivity index (χ4n) is 2.59. The van der Waals surface area contributed by atoms with Crippen LogP contribution in [0.3, 0.4) is 0 Å². The summed E-state index contributed by atoms with van der Waals surface area (Å²) >= 11 is 0. The predicted molar refractivity (Wildman–Crippen MR) is 73.4 cm³/mol. The van der Waals surface area contributed by atoms with Crippen LogP contribution in [0.25, 0.3) is 0 Å². The first kappa shape index (κ1) is 13.7. The van der Waals surface area contributed by atoms with Crippen LogP contribution in [-0.2, 0) is 6.54 Å². The number of nitrogens with zero attached hydrogens (tertiary/aromatic N) is 2. The van der Waals surface area contributed by atoms with E-state index >= 15 is 0 Å². The van der Waals surface area contributed by atoms with Gasteiger partial charge in [0.05, 0.1) is 6.10 Å². The number of rotatable bonds is 4. The average Bonchev–Trinajstić information content (AvgIpc) is 2.26. The molecule has 1 fully saturated rings. The van der Waals surface area contributed by atoms with Crippen molar-refractivity contribution in [1.29, 1.82) is 0 Å². The Hall–Kier alpha value is -1.76. The maximum Gasteiger partial charge on any atom is 0.330 e. The van der Waals surface area contributed by atoms with E-state index in [4.69, 9.17) is 5.73 Å². The zero-order valence-electron chi connectivity index (χ0n) is 11.2. The van der Waals surface area contributed by atoms with Crippen molar-refractivity contribution in [2.75, 3.05) is 24.2 Å². The van der Waals surface area contributed by atoms with E-state index in [0.29, 0.717) is 24.7 Å². The number of aromatic nitrogens is 2. The molecule has 19 heavy (non-hydrogen) atoms. The molecule has 0 unspecified atom stereocenters. The maximum absolute atomic E-state index is 11.9. The van der Waals surface area contributed by atoms with Crippen molar-refractivity contribution in [2.45, 2.75) is 32.4 Å². The minimum absolute atomic E-state index is 0.193. The quantitative estimate of drug-likeness (QED) is 0.673. The standard InChI is InChI=1S/C12H20N4O3/c1-3-16-10(13)9(11(18)14-12(16)19)15(2)6-7-4-8(17)5-7/h7-8,17H,3-6,13H2,1-2H3,(H,14,18,19). The third-order valence-electron chi connectivity index (χ3n) is 3.65. The second-order valence-corrected chi connectivity index (χ2v) is 5.11. The Bertz CT molecular complexity index is 571. The molecule has 2 rings (SSSR count). The van der Waals surface area contributed by atoms with Gasteiger partial charge in [0.25, 0.3) is 5.56 Å². The first-order valence-corrected chi connectivity index (χ1v) is 6.45. The van der Waals surface area contributed by atoms with Gasteiger partial charge in [0, 0.05) is 20.1 Å². The minimum Gasteiger partial charge on any atom is -0.393 e. The molecule has 1 saturated carbocycles. The van der Waals surface area contributed by atoms with Crippen LogP contribution in [-0.4, -0.2) is 34.4 Å². The minimum atomic E-state index is -0.485. The molecule has 0 atom stereocenters. The van der Waals surface area contributed by atoms with Crippen LogP contribution in [0.15, 0.2) is 9.59 Å². The number of aromatic amines is 1. The molecule has 0 aromatic carbocycles. The largest absolute Gasteiger partial charge is 0.393 e. The van der Waals surface area contributed by atoms with E-state index < -0.39 is 11.2 Å². The number of nitrogen functional groups attached to an aromatic ring is 1. The summed E-state index contributed by atoms with van der Waals surface area (Å²) in [4.78, 5) is 27.5. The summed E-state index contributed by atoms with van der Waals surface area (Å²) in [6.45, 7) is 2.85. The number of aliphatic hydroxyl groups is 1. The van der Waals surface area contributed by atoms with E-state index in [1.807, 2.05) is 0 Å². The van der Waals surface area contributed by atoms with Gasteiger partial charge in [-0.2, -0.15) is 0 Å². The van der Waals surface area contributed by atoms with Crippen molar-refractivity contribution in [3.05, 3.63) is 20.8 Å². The van der Waals surface area contributed by atoms with Gasteiger partial charge in [-0.3, -0.25) is 14.3 Å². The van der Waals surface area contributed by atoms with Gasteiger partial charge in [0.1, 0.15) is 11.5 Å². The van der Waals surface area contributed by atoms with Gasteiger partial charge in [-0.25, -0.2) is 4.79 Å². The number of anilines is 2. The second kappa shape index (κ2) is 5.08. The smallest absolute Gasteiger partial charge is 0.330 e. The van der Waals surface area contributed by atoms with Crippen LogP contribution in [0.1, 0.15) is 19.8 Å². The highest BCUT2D eigenvalue weighted by atomic mass is 16.3. The molecule has 1 aliphatic carbocycles. The van der Waals surface area contributed by atoms with E-state index in [0.717, 1.165) is 12.8 Å². The fraction of sp³-hybridized carbons (Fsp3) is 0.667. The Morgan fingerprint density at radius 3 is 2.63 bits per heavy atom. The molecule has 106 valence electrons. The lowest BCUT2D eigenvalue weighted by molar-refractivity contribution is 0.0464. The summed E-state index contributed by atoms with van der Waals surface area (Å²) < 4.78 is 1.34. The van der Waals surface area contributed by atoms with Crippen LogP contribution in [0.4, 0.5) is 11.5 Å². The van der Waals surface area contributed by atoms with Gasteiger partial charge in [-0.15, -0.1) is 0 Å². The summed E-state index contributed by atoms with van der Waals surface area (Å²) in [5.74, 6) is 0.555. The number of aliphatic hydroxyl groups excluding tert-OH is 1. The monoisotopic (exact) mass is 268 g/mol. The molecule has 0 aliphatic heterocycles. The number of hydrogen-bond acceptors (Lipinski definition) is 5. The lowest BCUT2D eigenvalue weighted by Gasteiger charge is -2.35. The van der Waals surface area contributed by atoms with Crippen molar-refractivity contribution in [2.24, 2.45) is 5.92 Å². The molecule has 7 heteroatoms. The van der Waals surface area contributed by atoms with Crippen LogP contribution in [0.2, 0.25) is 0 Å². The third-order valence-corrected chi connectivity index (χ3v) is 3.65. The van der Waals surface area contributed by atoms with Gasteiger partial charge in [-0.05, 0) is 25.7 Å². The van der Waals surface area contributed by atoms with Crippen molar-refractivity contribution >= 4 is 11.5 Å². The van der Waals surface area contributed by atoms with Crippen LogP contribution >= 0.6 is 0 Å². The Labute approximate surface area is 110 Å². The summed E-state index contributed by atoms with van der Waals surface area (Å²) in [6.07, 6.45) is 1.27. The number of hydrogen-bond donors (Lipinski definition) is 3. The number of nitrogens with two attached hydrogens (primary N) is 1. The van der Waals surface area contributed by atoms with Gasteiger partial charge in [0.2, 0.25) is 0 Å². The second-order valence-electron chi connectivity index (χ2n) is 5.11. The summed E-state index contributed by atoms with van der Waals surface area (Å²) in [5, 5.41) is 9.27. The summed E-state index contributed by atoms with van der Waals surface area (Å²) in [6, 6.07) is 0. The first-order chi connectivity index (χ1) is 8.93.